The largest absolute Gasteiger partial charge is 0.340 e. The Morgan fingerprint density at radius 3 is 2.62 bits per heavy atom. The second-order valence-corrected chi connectivity index (χ2v) is 3.50. The molecule has 0 aliphatic heterocycles. The van der Waals surface area contributed by atoms with Crippen molar-refractivity contribution in [3.63, 3.8) is 0 Å². The van der Waals surface area contributed by atoms with Gasteiger partial charge in [0.05, 0.1) is 17.6 Å². The highest BCUT2D eigenvalue weighted by Crippen LogP contribution is 2.08. The quantitative estimate of drug-likeness (QED) is 0.696. The number of carbonyl (C=O) groups excluding carboxylic acids is 1. The molecule has 84 valence electrons. The number of rotatable bonds is 5. The molecule has 0 saturated carbocycles. The first-order chi connectivity index (χ1) is 7.71. The topological polar surface area (TPSA) is 69.9 Å². The van der Waals surface area contributed by atoms with Crippen molar-refractivity contribution < 1.29 is 4.79 Å². The fourth-order valence-corrected chi connectivity index (χ4v) is 1.28. The van der Waals surface area contributed by atoms with Gasteiger partial charge in [0.15, 0.2) is 6.29 Å². The van der Waals surface area contributed by atoms with Gasteiger partial charge in [0.1, 0.15) is 0 Å². The van der Waals surface area contributed by atoms with E-state index in [1.54, 1.807) is 0 Å². The van der Waals surface area contributed by atoms with Crippen LogP contribution in [0.1, 0.15) is 24.2 Å². The summed E-state index contributed by atoms with van der Waals surface area (Å²) in [6.45, 7) is 5.14. The first-order valence-corrected chi connectivity index (χ1v) is 5.13. The maximum Gasteiger partial charge on any atom is 0.225 e. The summed E-state index contributed by atoms with van der Waals surface area (Å²) in [5.74, 6) is 0.476. The smallest absolute Gasteiger partial charge is 0.225 e. The van der Waals surface area contributed by atoms with E-state index in [4.69, 9.17) is 5.26 Å². The molecule has 0 spiro atoms. The molecule has 1 unspecified atom stereocenters. The van der Waals surface area contributed by atoms with Crippen LogP contribution in [0.4, 0.5) is 5.95 Å². The minimum absolute atomic E-state index is 0.0747. The summed E-state index contributed by atoms with van der Waals surface area (Å²) in [6, 6.07) is 2.17. The number of aldehydes is 1. The van der Waals surface area contributed by atoms with Crippen molar-refractivity contribution in [1.82, 2.24) is 9.97 Å². The predicted octanol–water partition coefficient (Wildman–Crippen LogP) is 1.28. The van der Waals surface area contributed by atoms with E-state index in [1.807, 2.05) is 18.7 Å². The summed E-state index contributed by atoms with van der Waals surface area (Å²) in [6.07, 6.45) is 3.67. The summed E-state index contributed by atoms with van der Waals surface area (Å²) < 4.78 is 0. The van der Waals surface area contributed by atoms with Gasteiger partial charge in [0.2, 0.25) is 5.95 Å². The SMILES string of the molecule is CCN(CC(C)C#N)c1ncc(C=O)cn1. The van der Waals surface area contributed by atoms with Crippen LogP contribution in [0.25, 0.3) is 0 Å². The molecule has 1 heterocycles. The van der Waals surface area contributed by atoms with E-state index in [9.17, 15) is 4.79 Å². The average molecular weight is 218 g/mol. The molecule has 1 aromatic rings. The second-order valence-electron chi connectivity index (χ2n) is 3.50. The monoisotopic (exact) mass is 218 g/mol. The van der Waals surface area contributed by atoms with Gasteiger partial charge in [-0.25, -0.2) is 9.97 Å². The third-order valence-electron chi connectivity index (χ3n) is 2.17. The molecule has 0 aromatic carbocycles. The van der Waals surface area contributed by atoms with E-state index < -0.39 is 0 Å². The Kier molecular flexibility index (Phi) is 4.40. The Hall–Kier alpha value is -1.96. The molecule has 0 bridgehead atoms. The summed E-state index contributed by atoms with van der Waals surface area (Å²) >= 11 is 0. The van der Waals surface area contributed by atoms with Gasteiger partial charge >= 0.3 is 0 Å². The molecule has 0 radical (unpaired) electrons. The summed E-state index contributed by atoms with van der Waals surface area (Å²) in [7, 11) is 0. The Morgan fingerprint density at radius 2 is 2.19 bits per heavy atom. The molecule has 0 saturated heterocycles. The molecule has 1 aromatic heterocycles. The van der Waals surface area contributed by atoms with E-state index in [0.717, 1.165) is 6.54 Å². The lowest BCUT2D eigenvalue weighted by Crippen LogP contribution is -2.29. The van der Waals surface area contributed by atoms with Crippen LogP contribution >= 0.6 is 0 Å². The lowest BCUT2D eigenvalue weighted by atomic mass is 10.2. The summed E-state index contributed by atoms with van der Waals surface area (Å²) in [5, 5.41) is 8.74. The number of nitriles is 1. The standard InChI is InChI=1S/C11H14N4O/c1-3-15(7-9(2)4-12)11-13-5-10(8-16)6-14-11/h5-6,8-9H,3,7H2,1-2H3. The molecule has 0 amide bonds. The fraction of sp³-hybridized carbons (Fsp3) is 0.455. The summed E-state index contributed by atoms with van der Waals surface area (Å²) in [4.78, 5) is 20.5. The van der Waals surface area contributed by atoms with Crippen LogP contribution in [0.2, 0.25) is 0 Å². The number of anilines is 1. The van der Waals surface area contributed by atoms with E-state index in [1.165, 1.54) is 12.4 Å². The molecule has 0 aliphatic carbocycles. The highest BCUT2D eigenvalue weighted by atomic mass is 16.1. The highest BCUT2D eigenvalue weighted by molar-refractivity contribution is 5.73. The van der Waals surface area contributed by atoms with Crippen LogP contribution in [-0.4, -0.2) is 29.3 Å². The molecular weight excluding hydrogens is 204 g/mol. The molecule has 0 N–H and O–H groups in total. The number of hydrogen-bond donors (Lipinski definition) is 0. The van der Waals surface area contributed by atoms with Gasteiger partial charge in [0.25, 0.3) is 0 Å². The number of nitrogens with zero attached hydrogens (tertiary/aromatic N) is 4. The van der Waals surface area contributed by atoms with E-state index in [0.29, 0.717) is 24.3 Å². The van der Waals surface area contributed by atoms with Crippen molar-refractivity contribution in [3.05, 3.63) is 18.0 Å². The van der Waals surface area contributed by atoms with Gasteiger partial charge in [-0.1, -0.05) is 0 Å². The lowest BCUT2D eigenvalue weighted by molar-refractivity contribution is 0.112. The van der Waals surface area contributed by atoms with Crippen LogP contribution in [0.15, 0.2) is 12.4 Å². The number of hydrogen-bond acceptors (Lipinski definition) is 5. The van der Waals surface area contributed by atoms with Crippen LogP contribution in [0, 0.1) is 17.2 Å². The first kappa shape index (κ1) is 12.1. The van der Waals surface area contributed by atoms with Gasteiger partial charge in [-0.15, -0.1) is 0 Å². The van der Waals surface area contributed by atoms with Crippen molar-refractivity contribution >= 4 is 12.2 Å². The molecule has 0 aliphatic rings. The molecule has 0 fully saturated rings. The van der Waals surface area contributed by atoms with Gasteiger partial charge in [-0.3, -0.25) is 4.79 Å². The zero-order valence-electron chi connectivity index (χ0n) is 9.42. The Labute approximate surface area is 94.7 Å². The minimum atomic E-state index is -0.0747. The third-order valence-corrected chi connectivity index (χ3v) is 2.17. The van der Waals surface area contributed by atoms with Gasteiger partial charge in [0, 0.05) is 25.5 Å². The van der Waals surface area contributed by atoms with Crippen molar-refractivity contribution in [2.75, 3.05) is 18.0 Å². The molecular formula is C11H14N4O. The highest BCUT2D eigenvalue weighted by Gasteiger charge is 2.11. The summed E-state index contributed by atoms with van der Waals surface area (Å²) in [5.41, 5.74) is 0.452. The molecule has 5 nitrogen and oxygen atoms in total. The van der Waals surface area contributed by atoms with E-state index in [2.05, 4.69) is 16.0 Å². The zero-order chi connectivity index (χ0) is 12.0. The van der Waals surface area contributed by atoms with Crippen LogP contribution in [0.3, 0.4) is 0 Å². The lowest BCUT2D eigenvalue weighted by Gasteiger charge is -2.21. The van der Waals surface area contributed by atoms with Crippen molar-refractivity contribution in [2.24, 2.45) is 5.92 Å². The fourth-order valence-electron chi connectivity index (χ4n) is 1.28. The zero-order valence-corrected chi connectivity index (χ0v) is 9.42. The van der Waals surface area contributed by atoms with Gasteiger partial charge in [-0.2, -0.15) is 5.26 Å². The van der Waals surface area contributed by atoms with E-state index in [-0.39, 0.29) is 5.92 Å². The van der Waals surface area contributed by atoms with Crippen LogP contribution < -0.4 is 4.90 Å². The number of carbonyl (C=O) groups is 1. The Bertz CT molecular complexity index is 382. The number of aromatic nitrogens is 2. The second kappa shape index (κ2) is 5.81. The predicted molar refractivity (Wildman–Crippen MR) is 60.1 cm³/mol. The van der Waals surface area contributed by atoms with E-state index >= 15 is 0 Å². The third kappa shape index (κ3) is 3.02. The maximum absolute atomic E-state index is 10.4. The van der Waals surface area contributed by atoms with Gasteiger partial charge < -0.3 is 4.90 Å². The average Bonchev–Trinajstić information content (AvgIpc) is 2.35. The van der Waals surface area contributed by atoms with Crippen molar-refractivity contribution in [1.29, 1.82) is 5.26 Å². The molecule has 5 heteroatoms. The van der Waals surface area contributed by atoms with Crippen LogP contribution in [0.5, 0.6) is 0 Å². The Morgan fingerprint density at radius 1 is 1.56 bits per heavy atom. The molecule has 1 rings (SSSR count). The maximum atomic E-state index is 10.4. The van der Waals surface area contributed by atoms with Crippen LogP contribution in [-0.2, 0) is 0 Å². The first-order valence-electron chi connectivity index (χ1n) is 5.13. The molecule has 16 heavy (non-hydrogen) atoms. The van der Waals surface area contributed by atoms with Gasteiger partial charge in [-0.05, 0) is 13.8 Å². The van der Waals surface area contributed by atoms with Crippen molar-refractivity contribution in [2.45, 2.75) is 13.8 Å². The van der Waals surface area contributed by atoms with Crippen molar-refractivity contribution in [3.8, 4) is 6.07 Å². The molecule has 1 atom stereocenters. The minimum Gasteiger partial charge on any atom is -0.340 e. The normalized spacial score (nSPS) is 11.6. The Balaban J connectivity index is 2.79.